The van der Waals surface area contributed by atoms with E-state index in [1.807, 2.05) is 6.07 Å². The van der Waals surface area contributed by atoms with Gasteiger partial charge in [-0.25, -0.2) is 4.79 Å². The van der Waals surface area contributed by atoms with Crippen molar-refractivity contribution in [3.63, 3.8) is 0 Å². The summed E-state index contributed by atoms with van der Waals surface area (Å²) in [6, 6.07) is 5.39. The minimum atomic E-state index is -0.386. The lowest BCUT2D eigenvalue weighted by Crippen LogP contribution is -2.22. The Morgan fingerprint density at radius 3 is 2.55 bits per heavy atom. The number of rotatable bonds is 4. The molecule has 1 N–H and O–H groups in total. The second kappa shape index (κ2) is 5.99. The number of carbonyl (C=O) groups is 2. The van der Waals surface area contributed by atoms with Crippen LogP contribution in [0.25, 0.3) is 0 Å². The van der Waals surface area contributed by atoms with Gasteiger partial charge in [-0.05, 0) is 43.4 Å². The third-order valence-corrected chi connectivity index (χ3v) is 4.57. The van der Waals surface area contributed by atoms with Crippen molar-refractivity contribution in [2.75, 3.05) is 30.4 Å². The summed E-state index contributed by atoms with van der Waals surface area (Å²) in [5, 5.41) is 3.01. The maximum Gasteiger partial charge on any atom is 0.337 e. The highest BCUT2D eigenvalue weighted by atomic mass is 16.5. The fourth-order valence-corrected chi connectivity index (χ4v) is 3.03. The van der Waals surface area contributed by atoms with Crippen molar-refractivity contribution in [2.24, 2.45) is 11.8 Å². The van der Waals surface area contributed by atoms with Gasteiger partial charge in [0.25, 0.3) is 0 Å². The van der Waals surface area contributed by atoms with Gasteiger partial charge in [-0.3, -0.25) is 4.79 Å². The first-order valence-corrected chi connectivity index (χ1v) is 7.88. The smallest absolute Gasteiger partial charge is 0.337 e. The molecule has 5 nitrogen and oxygen atoms in total. The highest BCUT2D eigenvalue weighted by molar-refractivity contribution is 6.00. The SMILES string of the molecule is COC(=O)c1ccc(N2CCCC2)c(NC(=O)C2CC2C)c1. The summed E-state index contributed by atoms with van der Waals surface area (Å²) >= 11 is 0. The van der Waals surface area contributed by atoms with Gasteiger partial charge in [0.1, 0.15) is 0 Å². The summed E-state index contributed by atoms with van der Waals surface area (Å²) in [6.07, 6.45) is 3.26. The highest BCUT2D eigenvalue weighted by Gasteiger charge is 2.39. The second-order valence-corrected chi connectivity index (χ2v) is 6.23. The van der Waals surface area contributed by atoms with E-state index in [0.29, 0.717) is 17.2 Å². The number of amides is 1. The summed E-state index contributed by atoms with van der Waals surface area (Å²) in [6.45, 7) is 4.05. The molecule has 1 aliphatic heterocycles. The minimum absolute atomic E-state index is 0.0509. The summed E-state index contributed by atoms with van der Waals surface area (Å²) in [5.41, 5.74) is 2.17. The van der Waals surface area contributed by atoms with Crippen LogP contribution in [0.5, 0.6) is 0 Å². The average molecular weight is 302 g/mol. The molecule has 22 heavy (non-hydrogen) atoms. The van der Waals surface area contributed by atoms with E-state index in [1.54, 1.807) is 12.1 Å². The number of ether oxygens (including phenoxy) is 1. The Balaban J connectivity index is 1.87. The lowest BCUT2D eigenvalue weighted by atomic mass is 10.1. The number of esters is 1. The van der Waals surface area contributed by atoms with Crippen molar-refractivity contribution < 1.29 is 14.3 Å². The van der Waals surface area contributed by atoms with Crippen LogP contribution >= 0.6 is 0 Å². The van der Waals surface area contributed by atoms with Crippen LogP contribution in [0.4, 0.5) is 11.4 Å². The Morgan fingerprint density at radius 2 is 1.95 bits per heavy atom. The molecule has 1 amide bonds. The number of hydrogen-bond acceptors (Lipinski definition) is 4. The molecule has 1 heterocycles. The number of hydrogen-bond donors (Lipinski definition) is 1. The van der Waals surface area contributed by atoms with Gasteiger partial charge < -0.3 is 15.0 Å². The fraction of sp³-hybridized carbons (Fsp3) is 0.529. The summed E-state index contributed by atoms with van der Waals surface area (Å²) in [5.74, 6) is 0.227. The maximum atomic E-state index is 12.3. The molecule has 0 spiro atoms. The largest absolute Gasteiger partial charge is 0.465 e. The summed E-state index contributed by atoms with van der Waals surface area (Å²) < 4.78 is 4.77. The first-order valence-electron chi connectivity index (χ1n) is 7.88. The zero-order valence-electron chi connectivity index (χ0n) is 13.1. The molecule has 0 bridgehead atoms. The number of nitrogens with zero attached hydrogens (tertiary/aromatic N) is 1. The van der Waals surface area contributed by atoms with Crippen LogP contribution in [0.15, 0.2) is 18.2 Å². The topological polar surface area (TPSA) is 58.6 Å². The van der Waals surface area contributed by atoms with E-state index in [4.69, 9.17) is 4.74 Å². The predicted octanol–water partition coefficient (Wildman–Crippen LogP) is 2.67. The van der Waals surface area contributed by atoms with Gasteiger partial charge >= 0.3 is 5.97 Å². The molecule has 0 aromatic heterocycles. The first-order chi connectivity index (χ1) is 10.6. The van der Waals surface area contributed by atoms with E-state index in [2.05, 4.69) is 17.1 Å². The van der Waals surface area contributed by atoms with Gasteiger partial charge in [-0.1, -0.05) is 6.92 Å². The lowest BCUT2D eigenvalue weighted by Gasteiger charge is -2.22. The molecular formula is C17H22N2O3. The molecule has 118 valence electrons. The molecule has 5 heteroatoms. The molecule has 3 rings (SSSR count). The monoisotopic (exact) mass is 302 g/mol. The van der Waals surface area contributed by atoms with Gasteiger partial charge in [0.05, 0.1) is 24.0 Å². The highest BCUT2D eigenvalue weighted by Crippen LogP contribution is 2.39. The molecule has 0 radical (unpaired) electrons. The molecule has 1 aromatic carbocycles. The van der Waals surface area contributed by atoms with Gasteiger partial charge in [0.15, 0.2) is 0 Å². The normalized spacial score (nSPS) is 23.3. The van der Waals surface area contributed by atoms with Crippen LogP contribution in [0.2, 0.25) is 0 Å². The number of anilines is 2. The minimum Gasteiger partial charge on any atom is -0.465 e. The van der Waals surface area contributed by atoms with Crippen molar-refractivity contribution in [3.8, 4) is 0 Å². The van der Waals surface area contributed by atoms with Crippen LogP contribution in [0.1, 0.15) is 36.5 Å². The standard InChI is InChI=1S/C17H22N2O3/c1-11-9-13(11)16(20)18-14-10-12(17(21)22-2)5-6-15(14)19-7-3-4-8-19/h5-6,10-11,13H,3-4,7-9H2,1-2H3,(H,18,20). The van der Waals surface area contributed by atoms with Gasteiger partial charge in [0, 0.05) is 19.0 Å². The summed E-state index contributed by atoms with van der Waals surface area (Å²) in [7, 11) is 1.36. The van der Waals surface area contributed by atoms with E-state index in [9.17, 15) is 9.59 Å². The van der Waals surface area contributed by atoms with E-state index >= 15 is 0 Å². The zero-order valence-corrected chi connectivity index (χ0v) is 13.1. The first kappa shape index (κ1) is 14.9. The molecule has 1 aromatic rings. The number of carbonyl (C=O) groups excluding carboxylic acids is 2. The Bertz CT molecular complexity index is 594. The average Bonchev–Trinajstić information content (AvgIpc) is 3.02. The fourth-order valence-electron chi connectivity index (χ4n) is 3.03. The molecular weight excluding hydrogens is 280 g/mol. The van der Waals surface area contributed by atoms with Crippen molar-refractivity contribution in [3.05, 3.63) is 23.8 Å². The molecule has 2 unspecified atom stereocenters. The van der Waals surface area contributed by atoms with Gasteiger partial charge in [-0.15, -0.1) is 0 Å². The Morgan fingerprint density at radius 1 is 1.27 bits per heavy atom. The number of methoxy groups -OCH3 is 1. The molecule has 1 saturated heterocycles. The van der Waals surface area contributed by atoms with Crippen molar-refractivity contribution in [1.29, 1.82) is 0 Å². The van der Waals surface area contributed by atoms with Crippen molar-refractivity contribution in [1.82, 2.24) is 0 Å². The maximum absolute atomic E-state index is 12.3. The van der Waals surface area contributed by atoms with Gasteiger partial charge in [0.2, 0.25) is 5.91 Å². The predicted molar refractivity (Wildman–Crippen MR) is 85.1 cm³/mol. The Kier molecular flexibility index (Phi) is 4.05. The molecule has 1 saturated carbocycles. The van der Waals surface area contributed by atoms with Crippen LogP contribution in [0.3, 0.4) is 0 Å². The van der Waals surface area contributed by atoms with E-state index < -0.39 is 0 Å². The van der Waals surface area contributed by atoms with E-state index in [0.717, 1.165) is 38.0 Å². The quantitative estimate of drug-likeness (QED) is 0.869. The molecule has 2 atom stereocenters. The van der Waals surface area contributed by atoms with Crippen LogP contribution in [-0.4, -0.2) is 32.1 Å². The third kappa shape index (κ3) is 2.93. The Labute approximate surface area is 130 Å². The third-order valence-electron chi connectivity index (χ3n) is 4.57. The van der Waals surface area contributed by atoms with Crippen LogP contribution in [0, 0.1) is 11.8 Å². The van der Waals surface area contributed by atoms with Crippen LogP contribution in [-0.2, 0) is 9.53 Å². The zero-order chi connectivity index (χ0) is 15.7. The molecule has 2 aliphatic rings. The van der Waals surface area contributed by atoms with Crippen molar-refractivity contribution in [2.45, 2.75) is 26.2 Å². The Hall–Kier alpha value is -2.04. The van der Waals surface area contributed by atoms with Gasteiger partial charge in [-0.2, -0.15) is 0 Å². The number of nitrogens with one attached hydrogen (secondary N) is 1. The van der Waals surface area contributed by atoms with Crippen molar-refractivity contribution >= 4 is 23.3 Å². The van der Waals surface area contributed by atoms with E-state index in [-0.39, 0.29) is 17.8 Å². The second-order valence-electron chi connectivity index (χ2n) is 6.23. The summed E-state index contributed by atoms with van der Waals surface area (Å²) in [4.78, 5) is 26.2. The lowest BCUT2D eigenvalue weighted by molar-refractivity contribution is -0.117. The molecule has 1 aliphatic carbocycles. The molecule has 2 fully saturated rings. The van der Waals surface area contributed by atoms with Crippen LogP contribution < -0.4 is 10.2 Å². The number of benzene rings is 1. The van der Waals surface area contributed by atoms with E-state index in [1.165, 1.54) is 7.11 Å².